The molecule has 0 saturated carbocycles. The Hall–Kier alpha value is -2.93. The molecule has 2 rings (SSSR count). The summed E-state index contributed by atoms with van der Waals surface area (Å²) in [4.78, 5) is 23.9. The maximum Gasteiger partial charge on any atom is 0.407 e. The quantitative estimate of drug-likeness (QED) is 0.576. The van der Waals surface area contributed by atoms with Gasteiger partial charge in [-0.2, -0.15) is 0 Å². The number of alkyl carbamates (subject to hydrolysis) is 1. The van der Waals surface area contributed by atoms with Crippen LogP contribution in [0.2, 0.25) is 0 Å². The second-order valence-electron chi connectivity index (χ2n) is 8.98. The minimum absolute atomic E-state index is 0.0176. The average Bonchev–Trinajstić information content (AvgIpc) is 2.66. The van der Waals surface area contributed by atoms with Gasteiger partial charge in [-0.15, -0.1) is 0 Å². The Kier molecular flexibility index (Phi) is 7.79. The average molecular weight is 432 g/mol. The normalized spacial score (nSPS) is 14.4. The van der Waals surface area contributed by atoms with E-state index in [1.807, 2.05) is 30.3 Å². The highest BCUT2D eigenvalue weighted by atomic mass is 19.1. The molecule has 0 aromatic heterocycles. The maximum absolute atomic E-state index is 13.5. The molecule has 0 saturated heterocycles. The van der Waals surface area contributed by atoms with Gasteiger partial charge in [0.15, 0.2) is 0 Å². The summed E-state index contributed by atoms with van der Waals surface area (Å²) in [6, 6.07) is 13.1. The first kappa shape index (κ1) is 24.3. The number of carbonyl (C=O) groups is 2. The van der Waals surface area contributed by atoms with Crippen molar-refractivity contribution in [1.82, 2.24) is 5.32 Å². The van der Waals surface area contributed by atoms with Crippen molar-refractivity contribution in [3.05, 3.63) is 59.9 Å². The van der Waals surface area contributed by atoms with Crippen LogP contribution in [0.3, 0.4) is 0 Å². The number of nitrogens with one attached hydrogen (secondary N) is 1. The highest BCUT2D eigenvalue weighted by Gasteiger charge is 2.36. The molecular formula is C24H30FNO5. The zero-order chi connectivity index (χ0) is 23.2. The fourth-order valence-electron chi connectivity index (χ4n) is 3.20. The predicted octanol–water partition coefficient (Wildman–Crippen LogP) is 4.40. The molecule has 6 nitrogen and oxygen atoms in total. The second kappa shape index (κ2) is 9.92. The molecular weight excluding hydrogens is 401 g/mol. The molecule has 0 fully saturated rings. The first-order chi connectivity index (χ1) is 14.4. The molecule has 2 atom stereocenters. The Morgan fingerprint density at radius 3 is 2.23 bits per heavy atom. The Bertz CT molecular complexity index is 907. The van der Waals surface area contributed by atoms with Crippen molar-refractivity contribution in [1.29, 1.82) is 0 Å². The summed E-state index contributed by atoms with van der Waals surface area (Å²) in [5, 5.41) is 21.9. The largest absolute Gasteiger partial charge is 0.481 e. The van der Waals surface area contributed by atoms with E-state index in [-0.39, 0.29) is 12.2 Å². The molecule has 1 amide bonds. The van der Waals surface area contributed by atoms with Gasteiger partial charge in [-0.25, -0.2) is 9.18 Å². The lowest BCUT2D eigenvalue weighted by molar-refractivity contribution is -0.151. The summed E-state index contributed by atoms with van der Waals surface area (Å²) in [5.74, 6) is -1.47. The van der Waals surface area contributed by atoms with E-state index in [4.69, 9.17) is 4.74 Å². The number of hydrogen-bond acceptors (Lipinski definition) is 4. The standard InChI is InChI=1S/C24H30FNO5/c1-23(2,3)31-22(30)26-20(14-24(4,15-27)21(28)29)12-16-8-10-17(11-9-16)18-6-5-7-19(25)13-18/h5-11,13,20,27H,12,14-15H2,1-4H3,(H,26,30)(H,28,29)/t20-,24?/m1/s1. The summed E-state index contributed by atoms with van der Waals surface area (Å²) < 4.78 is 18.8. The Labute approximate surface area is 182 Å². The van der Waals surface area contributed by atoms with Gasteiger partial charge in [0, 0.05) is 6.04 Å². The summed E-state index contributed by atoms with van der Waals surface area (Å²) >= 11 is 0. The van der Waals surface area contributed by atoms with Crippen molar-refractivity contribution in [3.8, 4) is 11.1 Å². The van der Waals surface area contributed by atoms with Crippen LogP contribution in [0.1, 0.15) is 39.7 Å². The number of rotatable bonds is 8. The van der Waals surface area contributed by atoms with Gasteiger partial charge >= 0.3 is 12.1 Å². The topological polar surface area (TPSA) is 95.9 Å². The van der Waals surface area contributed by atoms with Crippen molar-refractivity contribution in [2.45, 2.75) is 52.2 Å². The molecule has 0 aliphatic heterocycles. The van der Waals surface area contributed by atoms with Gasteiger partial charge in [0.2, 0.25) is 0 Å². The van der Waals surface area contributed by atoms with Gasteiger partial charge in [0.05, 0.1) is 12.0 Å². The second-order valence-corrected chi connectivity index (χ2v) is 8.98. The third-order valence-electron chi connectivity index (χ3n) is 4.88. The van der Waals surface area contributed by atoms with Gasteiger partial charge in [-0.1, -0.05) is 36.4 Å². The lowest BCUT2D eigenvalue weighted by atomic mass is 9.82. The minimum Gasteiger partial charge on any atom is -0.481 e. The number of aliphatic hydroxyl groups is 1. The monoisotopic (exact) mass is 431 g/mol. The molecule has 7 heteroatoms. The van der Waals surface area contributed by atoms with Gasteiger partial charge in [0.25, 0.3) is 0 Å². The summed E-state index contributed by atoms with van der Waals surface area (Å²) in [7, 11) is 0. The molecule has 31 heavy (non-hydrogen) atoms. The van der Waals surface area contributed by atoms with Crippen molar-refractivity contribution < 1.29 is 28.9 Å². The first-order valence-corrected chi connectivity index (χ1v) is 10.1. The third-order valence-corrected chi connectivity index (χ3v) is 4.88. The zero-order valence-corrected chi connectivity index (χ0v) is 18.3. The lowest BCUT2D eigenvalue weighted by Gasteiger charge is -2.29. The maximum atomic E-state index is 13.5. The SMILES string of the molecule is CC(C)(C)OC(=O)N[C@H](Cc1ccc(-c2cccc(F)c2)cc1)CC(C)(CO)C(=O)O. The summed E-state index contributed by atoms with van der Waals surface area (Å²) in [6.07, 6.45) is -0.297. The van der Waals surface area contributed by atoms with Gasteiger partial charge in [0.1, 0.15) is 11.4 Å². The number of aliphatic hydroxyl groups excluding tert-OH is 1. The number of ether oxygens (including phenoxy) is 1. The van der Waals surface area contributed by atoms with E-state index in [1.54, 1.807) is 26.8 Å². The minimum atomic E-state index is -1.42. The molecule has 0 heterocycles. The van der Waals surface area contributed by atoms with E-state index in [9.17, 15) is 24.2 Å². The molecule has 168 valence electrons. The Morgan fingerprint density at radius 1 is 1.06 bits per heavy atom. The molecule has 0 radical (unpaired) electrons. The van der Waals surface area contributed by atoms with Crippen LogP contribution in [0.25, 0.3) is 11.1 Å². The van der Waals surface area contributed by atoms with Crippen LogP contribution in [0.4, 0.5) is 9.18 Å². The molecule has 0 aliphatic carbocycles. The predicted molar refractivity (Wildman–Crippen MR) is 116 cm³/mol. The van der Waals surface area contributed by atoms with E-state index >= 15 is 0 Å². The zero-order valence-electron chi connectivity index (χ0n) is 18.3. The van der Waals surface area contributed by atoms with Crippen LogP contribution in [-0.4, -0.2) is 40.5 Å². The fourth-order valence-corrected chi connectivity index (χ4v) is 3.20. The lowest BCUT2D eigenvalue weighted by Crippen LogP contribution is -2.45. The number of hydrogen-bond donors (Lipinski definition) is 3. The van der Waals surface area contributed by atoms with Crippen LogP contribution in [0.15, 0.2) is 48.5 Å². The molecule has 2 aromatic rings. The van der Waals surface area contributed by atoms with Crippen molar-refractivity contribution >= 4 is 12.1 Å². The number of carbonyl (C=O) groups excluding carboxylic acids is 1. The van der Waals surface area contributed by atoms with Gasteiger partial charge in [-0.05, 0) is 69.4 Å². The van der Waals surface area contributed by atoms with Crippen molar-refractivity contribution in [3.63, 3.8) is 0 Å². The molecule has 2 aromatic carbocycles. The first-order valence-electron chi connectivity index (χ1n) is 10.1. The number of benzene rings is 2. The van der Waals surface area contributed by atoms with Crippen molar-refractivity contribution in [2.24, 2.45) is 5.41 Å². The van der Waals surface area contributed by atoms with Crippen LogP contribution in [0, 0.1) is 11.2 Å². The smallest absolute Gasteiger partial charge is 0.407 e. The Balaban J connectivity index is 2.21. The van der Waals surface area contributed by atoms with Gasteiger partial charge < -0.3 is 20.3 Å². The van der Waals surface area contributed by atoms with Crippen molar-refractivity contribution in [2.75, 3.05) is 6.61 Å². The number of carboxylic acids is 1. The molecule has 0 spiro atoms. The highest BCUT2D eigenvalue weighted by molar-refractivity contribution is 5.74. The molecule has 0 bridgehead atoms. The van der Waals surface area contributed by atoms with E-state index in [1.165, 1.54) is 19.1 Å². The Morgan fingerprint density at radius 2 is 1.71 bits per heavy atom. The van der Waals surface area contributed by atoms with Crippen LogP contribution < -0.4 is 5.32 Å². The number of amides is 1. The third kappa shape index (κ3) is 7.36. The molecule has 0 aliphatic rings. The number of aliphatic carboxylic acids is 1. The van der Waals surface area contributed by atoms with E-state index in [0.717, 1.165) is 16.7 Å². The molecule has 1 unspecified atom stereocenters. The van der Waals surface area contributed by atoms with Crippen LogP contribution in [0.5, 0.6) is 0 Å². The van der Waals surface area contributed by atoms with Crippen LogP contribution in [-0.2, 0) is 16.0 Å². The summed E-state index contributed by atoms with van der Waals surface area (Å²) in [5.41, 5.74) is 0.321. The number of halogens is 1. The number of carboxylic acid groups (broad SMARTS) is 1. The highest BCUT2D eigenvalue weighted by Crippen LogP contribution is 2.26. The van der Waals surface area contributed by atoms with E-state index in [0.29, 0.717) is 6.42 Å². The molecule has 3 N–H and O–H groups in total. The van der Waals surface area contributed by atoms with E-state index < -0.39 is 35.7 Å². The summed E-state index contributed by atoms with van der Waals surface area (Å²) in [6.45, 7) is 6.09. The fraction of sp³-hybridized carbons (Fsp3) is 0.417. The van der Waals surface area contributed by atoms with Gasteiger partial charge in [-0.3, -0.25) is 4.79 Å². The van der Waals surface area contributed by atoms with Crippen LogP contribution >= 0.6 is 0 Å². The van der Waals surface area contributed by atoms with E-state index in [2.05, 4.69) is 5.32 Å².